The smallest absolute Gasteiger partial charge is 0.243 e. The third-order valence-electron chi connectivity index (χ3n) is 2.69. The van der Waals surface area contributed by atoms with Gasteiger partial charge in [0.05, 0.1) is 12.2 Å². The van der Waals surface area contributed by atoms with Crippen molar-refractivity contribution in [2.45, 2.75) is 31.8 Å². The van der Waals surface area contributed by atoms with Gasteiger partial charge >= 0.3 is 0 Å². The Morgan fingerprint density at radius 2 is 2.50 bits per heavy atom. The Hall–Kier alpha value is -1.85. The maximum atomic E-state index is 11.7. The lowest BCUT2D eigenvalue weighted by atomic mass is 10.1. The fourth-order valence-corrected chi connectivity index (χ4v) is 1.71. The lowest BCUT2D eigenvalue weighted by Gasteiger charge is -2.15. The van der Waals surface area contributed by atoms with Crippen LogP contribution in [0.3, 0.4) is 0 Å². The molecule has 1 fully saturated rings. The van der Waals surface area contributed by atoms with Crippen molar-refractivity contribution >= 4 is 11.8 Å². The lowest BCUT2D eigenvalue weighted by molar-refractivity contribution is -0.126. The van der Waals surface area contributed by atoms with E-state index in [2.05, 4.69) is 20.8 Å². The van der Waals surface area contributed by atoms with E-state index in [0.717, 1.165) is 5.56 Å². The van der Waals surface area contributed by atoms with Gasteiger partial charge in [0.15, 0.2) is 0 Å². The van der Waals surface area contributed by atoms with Crippen molar-refractivity contribution < 1.29 is 9.59 Å². The van der Waals surface area contributed by atoms with Crippen molar-refractivity contribution in [2.75, 3.05) is 0 Å². The molecule has 3 N–H and O–H groups in total. The van der Waals surface area contributed by atoms with Crippen LogP contribution in [0.25, 0.3) is 0 Å². The van der Waals surface area contributed by atoms with Gasteiger partial charge < -0.3 is 10.6 Å². The summed E-state index contributed by atoms with van der Waals surface area (Å²) in [5.74, 6) is -0.198. The zero-order chi connectivity index (χ0) is 11.5. The Balaban J connectivity index is 1.90. The van der Waals surface area contributed by atoms with Gasteiger partial charge in [0.2, 0.25) is 11.8 Å². The van der Waals surface area contributed by atoms with Crippen LogP contribution in [-0.2, 0) is 9.59 Å². The Labute approximate surface area is 92.8 Å². The molecular formula is C10H14N4O2. The van der Waals surface area contributed by atoms with Crippen LogP contribution in [-0.4, -0.2) is 28.1 Å². The Morgan fingerprint density at radius 1 is 1.69 bits per heavy atom. The Bertz CT molecular complexity index is 388. The van der Waals surface area contributed by atoms with Crippen molar-refractivity contribution in [3.63, 3.8) is 0 Å². The van der Waals surface area contributed by atoms with Gasteiger partial charge in [-0.15, -0.1) is 0 Å². The molecule has 0 saturated carbocycles. The molecule has 0 bridgehead atoms. The van der Waals surface area contributed by atoms with Crippen LogP contribution >= 0.6 is 0 Å². The third kappa shape index (κ3) is 2.21. The minimum absolute atomic E-state index is 0.0592. The van der Waals surface area contributed by atoms with Crippen molar-refractivity contribution in [3.05, 3.63) is 18.0 Å². The molecule has 0 radical (unpaired) electrons. The first-order valence-corrected chi connectivity index (χ1v) is 5.25. The standard InChI is InChI=1S/C10H14N4O2/c1-6(7-4-11-12-5-7)13-10(16)8-2-3-9(15)14-8/h4-6,8H,2-3H2,1H3,(H,11,12)(H,13,16)(H,14,15)/t6?,8-/m0/s1. The number of amides is 2. The highest BCUT2D eigenvalue weighted by atomic mass is 16.2. The number of rotatable bonds is 3. The van der Waals surface area contributed by atoms with Crippen LogP contribution in [0.15, 0.2) is 12.4 Å². The molecule has 1 unspecified atom stereocenters. The van der Waals surface area contributed by atoms with E-state index in [1.807, 2.05) is 6.92 Å². The molecule has 6 nitrogen and oxygen atoms in total. The number of hydrogen-bond acceptors (Lipinski definition) is 3. The topological polar surface area (TPSA) is 86.9 Å². The molecule has 86 valence electrons. The summed E-state index contributed by atoms with van der Waals surface area (Å²) >= 11 is 0. The fourth-order valence-electron chi connectivity index (χ4n) is 1.71. The summed E-state index contributed by atoms with van der Waals surface area (Å²) in [7, 11) is 0. The van der Waals surface area contributed by atoms with E-state index in [0.29, 0.717) is 12.8 Å². The second-order valence-corrected chi connectivity index (χ2v) is 3.92. The van der Waals surface area contributed by atoms with Crippen LogP contribution in [0.4, 0.5) is 0 Å². The predicted octanol–water partition coefficient (Wildman–Crippen LogP) is -0.135. The van der Waals surface area contributed by atoms with Crippen LogP contribution in [0.1, 0.15) is 31.4 Å². The number of H-pyrrole nitrogens is 1. The summed E-state index contributed by atoms with van der Waals surface area (Å²) in [5.41, 5.74) is 0.915. The molecule has 1 aromatic heterocycles. The van der Waals surface area contributed by atoms with Crippen LogP contribution in [0.5, 0.6) is 0 Å². The van der Waals surface area contributed by atoms with Crippen molar-refractivity contribution in [2.24, 2.45) is 0 Å². The quantitative estimate of drug-likeness (QED) is 0.665. The van der Waals surface area contributed by atoms with E-state index in [1.165, 1.54) is 0 Å². The van der Waals surface area contributed by atoms with E-state index in [4.69, 9.17) is 0 Å². The van der Waals surface area contributed by atoms with Crippen LogP contribution in [0, 0.1) is 0 Å². The van der Waals surface area contributed by atoms with Gasteiger partial charge in [0.1, 0.15) is 6.04 Å². The number of hydrogen-bond donors (Lipinski definition) is 3. The van der Waals surface area contributed by atoms with E-state index in [9.17, 15) is 9.59 Å². The monoisotopic (exact) mass is 222 g/mol. The summed E-state index contributed by atoms with van der Waals surface area (Å²) in [6.45, 7) is 1.87. The first-order valence-electron chi connectivity index (χ1n) is 5.25. The molecule has 1 aliphatic rings. The highest BCUT2D eigenvalue weighted by molar-refractivity contribution is 5.90. The largest absolute Gasteiger partial charge is 0.348 e. The van der Waals surface area contributed by atoms with Crippen LogP contribution < -0.4 is 10.6 Å². The summed E-state index contributed by atoms with van der Waals surface area (Å²) in [4.78, 5) is 22.7. The molecule has 2 heterocycles. The SMILES string of the molecule is CC(NC(=O)[C@@H]1CCC(=O)N1)c1cn[nH]c1. The molecule has 0 aromatic carbocycles. The first kappa shape index (κ1) is 10.7. The summed E-state index contributed by atoms with van der Waals surface area (Å²) in [6.07, 6.45) is 4.40. The van der Waals surface area contributed by atoms with Gasteiger partial charge in [0.25, 0.3) is 0 Å². The van der Waals surface area contributed by atoms with Gasteiger partial charge in [-0.25, -0.2) is 0 Å². The molecular weight excluding hydrogens is 208 g/mol. The van der Waals surface area contributed by atoms with E-state index in [1.54, 1.807) is 12.4 Å². The summed E-state index contributed by atoms with van der Waals surface area (Å²) in [6, 6.07) is -0.495. The summed E-state index contributed by atoms with van der Waals surface area (Å²) < 4.78 is 0. The molecule has 1 aromatic rings. The van der Waals surface area contributed by atoms with Gasteiger partial charge in [-0.05, 0) is 13.3 Å². The number of carbonyl (C=O) groups is 2. The molecule has 2 rings (SSSR count). The molecule has 0 aliphatic carbocycles. The fraction of sp³-hybridized carbons (Fsp3) is 0.500. The number of aromatic nitrogens is 2. The van der Waals surface area contributed by atoms with E-state index < -0.39 is 0 Å². The Kier molecular flexibility index (Phi) is 2.89. The van der Waals surface area contributed by atoms with Crippen LogP contribution in [0.2, 0.25) is 0 Å². The second kappa shape index (κ2) is 4.34. The maximum Gasteiger partial charge on any atom is 0.243 e. The lowest BCUT2D eigenvalue weighted by Crippen LogP contribution is -2.42. The highest BCUT2D eigenvalue weighted by Gasteiger charge is 2.27. The molecule has 0 spiro atoms. The Morgan fingerprint density at radius 3 is 3.06 bits per heavy atom. The predicted molar refractivity (Wildman–Crippen MR) is 56.3 cm³/mol. The average molecular weight is 222 g/mol. The first-order chi connectivity index (χ1) is 7.66. The van der Waals surface area contributed by atoms with Crippen molar-refractivity contribution in [1.29, 1.82) is 0 Å². The van der Waals surface area contributed by atoms with E-state index >= 15 is 0 Å². The van der Waals surface area contributed by atoms with Gasteiger partial charge in [-0.1, -0.05) is 0 Å². The van der Waals surface area contributed by atoms with Gasteiger partial charge in [-0.3, -0.25) is 14.7 Å². The minimum Gasteiger partial charge on any atom is -0.348 e. The van der Waals surface area contributed by atoms with Gasteiger partial charge in [-0.2, -0.15) is 5.10 Å². The number of carbonyl (C=O) groups excluding carboxylic acids is 2. The van der Waals surface area contributed by atoms with Gasteiger partial charge in [0, 0.05) is 18.2 Å². The minimum atomic E-state index is -0.387. The second-order valence-electron chi connectivity index (χ2n) is 3.92. The normalized spacial score (nSPS) is 21.6. The van der Waals surface area contributed by atoms with Crippen molar-refractivity contribution in [3.8, 4) is 0 Å². The maximum absolute atomic E-state index is 11.7. The average Bonchev–Trinajstić information content (AvgIpc) is 2.87. The van der Waals surface area contributed by atoms with E-state index in [-0.39, 0.29) is 23.9 Å². The zero-order valence-electron chi connectivity index (χ0n) is 8.99. The third-order valence-corrected chi connectivity index (χ3v) is 2.69. The molecule has 1 aliphatic heterocycles. The van der Waals surface area contributed by atoms with Crippen molar-refractivity contribution in [1.82, 2.24) is 20.8 Å². The number of aromatic amines is 1. The number of nitrogens with zero attached hydrogens (tertiary/aromatic N) is 1. The molecule has 1 saturated heterocycles. The number of nitrogens with one attached hydrogen (secondary N) is 3. The zero-order valence-corrected chi connectivity index (χ0v) is 8.99. The molecule has 2 atom stereocenters. The summed E-state index contributed by atoms with van der Waals surface area (Å²) in [5, 5.41) is 12.0. The molecule has 16 heavy (non-hydrogen) atoms. The highest BCUT2D eigenvalue weighted by Crippen LogP contribution is 2.12. The molecule has 6 heteroatoms. The molecule has 2 amide bonds.